The summed E-state index contributed by atoms with van der Waals surface area (Å²) < 4.78 is 19.6. The molecule has 5 heteroatoms. The lowest BCUT2D eigenvalue weighted by atomic mass is 10.1. The SMILES string of the molecule is Cc1cnc(NC(C)c2ccc(OCC3CC3)c(F)c2)nc1. The molecule has 4 nitrogen and oxygen atoms in total. The summed E-state index contributed by atoms with van der Waals surface area (Å²) in [5.41, 5.74) is 1.84. The molecule has 1 aromatic carbocycles. The molecule has 2 aromatic rings. The van der Waals surface area contributed by atoms with Crippen molar-refractivity contribution in [3.63, 3.8) is 0 Å². The molecule has 1 atom stereocenters. The van der Waals surface area contributed by atoms with Crippen LogP contribution < -0.4 is 10.1 Å². The Hall–Kier alpha value is -2.17. The first-order valence-corrected chi connectivity index (χ1v) is 7.59. The molecule has 0 aliphatic heterocycles. The number of benzene rings is 1. The van der Waals surface area contributed by atoms with Crippen molar-refractivity contribution in [2.24, 2.45) is 5.92 Å². The number of aromatic nitrogens is 2. The van der Waals surface area contributed by atoms with Gasteiger partial charge in [0, 0.05) is 12.4 Å². The third-order valence-corrected chi connectivity index (χ3v) is 3.75. The van der Waals surface area contributed by atoms with Crippen molar-refractivity contribution in [1.29, 1.82) is 0 Å². The third-order valence-electron chi connectivity index (χ3n) is 3.75. The number of ether oxygens (including phenoxy) is 1. The molecule has 0 amide bonds. The summed E-state index contributed by atoms with van der Waals surface area (Å²) in [6, 6.07) is 4.99. The highest BCUT2D eigenvalue weighted by atomic mass is 19.1. The summed E-state index contributed by atoms with van der Waals surface area (Å²) in [7, 11) is 0. The molecule has 0 spiro atoms. The van der Waals surface area contributed by atoms with Gasteiger partial charge in [-0.05, 0) is 55.9 Å². The van der Waals surface area contributed by atoms with Gasteiger partial charge in [-0.15, -0.1) is 0 Å². The van der Waals surface area contributed by atoms with Gasteiger partial charge in [0.2, 0.25) is 5.95 Å². The molecule has 0 saturated heterocycles. The molecule has 1 aliphatic rings. The van der Waals surface area contributed by atoms with Gasteiger partial charge in [0.05, 0.1) is 12.6 Å². The second-order valence-electron chi connectivity index (χ2n) is 5.89. The average molecular weight is 301 g/mol. The van der Waals surface area contributed by atoms with Crippen LogP contribution in [0.4, 0.5) is 10.3 Å². The van der Waals surface area contributed by atoms with E-state index >= 15 is 0 Å². The molecule has 0 radical (unpaired) electrons. The molecular formula is C17H20FN3O. The molecule has 116 valence electrons. The number of aryl methyl sites for hydroxylation is 1. The quantitative estimate of drug-likeness (QED) is 0.879. The highest BCUT2D eigenvalue weighted by Gasteiger charge is 2.22. The molecule has 1 aromatic heterocycles. The molecule has 1 heterocycles. The maximum Gasteiger partial charge on any atom is 0.223 e. The summed E-state index contributed by atoms with van der Waals surface area (Å²) in [6.07, 6.45) is 5.88. The van der Waals surface area contributed by atoms with Crippen LogP contribution in [0.15, 0.2) is 30.6 Å². The van der Waals surface area contributed by atoms with Crippen molar-refractivity contribution in [2.75, 3.05) is 11.9 Å². The van der Waals surface area contributed by atoms with Crippen LogP contribution >= 0.6 is 0 Å². The van der Waals surface area contributed by atoms with E-state index in [1.807, 2.05) is 19.9 Å². The molecule has 1 unspecified atom stereocenters. The van der Waals surface area contributed by atoms with Crippen molar-refractivity contribution < 1.29 is 9.13 Å². The number of hydrogen-bond acceptors (Lipinski definition) is 4. The molecule has 1 fully saturated rings. The minimum atomic E-state index is -0.323. The third kappa shape index (κ3) is 3.72. The van der Waals surface area contributed by atoms with Crippen LogP contribution in [0.5, 0.6) is 5.75 Å². The number of rotatable bonds is 6. The van der Waals surface area contributed by atoms with Crippen LogP contribution in [0.1, 0.15) is 36.9 Å². The minimum Gasteiger partial charge on any atom is -0.490 e. The van der Waals surface area contributed by atoms with Gasteiger partial charge in [-0.3, -0.25) is 0 Å². The maximum absolute atomic E-state index is 14.1. The van der Waals surface area contributed by atoms with Crippen LogP contribution in [0.3, 0.4) is 0 Å². The number of halogens is 1. The topological polar surface area (TPSA) is 47.0 Å². The van der Waals surface area contributed by atoms with Crippen LogP contribution in [0.25, 0.3) is 0 Å². The highest BCUT2D eigenvalue weighted by molar-refractivity contribution is 5.35. The number of nitrogens with one attached hydrogen (secondary N) is 1. The fraction of sp³-hybridized carbons (Fsp3) is 0.412. The summed E-state index contributed by atoms with van der Waals surface area (Å²) in [6.45, 7) is 4.49. The van der Waals surface area contributed by atoms with E-state index in [4.69, 9.17) is 4.74 Å². The predicted molar refractivity (Wildman–Crippen MR) is 83.4 cm³/mol. The van der Waals surface area contributed by atoms with E-state index in [0.29, 0.717) is 24.2 Å². The van der Waals surface area contributed by atoms with Gasteiger partial charge in [0.15, 0.2) is 11.6 Å². The number of hydrogen-bond donors (Lipinski definition) is 1. The van der Waals surface area contributed by atoms with Gasteiger partial charge < -0.3 is 10.1 Å². The first-order valence-electron chi connectivity index (χ1n) is 7.59. The molecular weight excluding hydrogens is 281 g/mol. The fourth-order valence-electron chi connectivity index (χ4n) is 2.14. The summed E-state index contributed by atoms with van der Waals surface area (Å²) >= 11 is 0. The Bertz CT molecular complexity index is 641. The van der Waals surface area contributed by atoms with E-state index in [0.717, 1.165) is 11.1 Å². The lowest BCUT2D eigenvalue weighted by Gasteiger charge is -2.15. The summed E-state index contributed by atoms with van der Waals surface area (Å²) in [5, 5.41) is 3.16. The van der Waals surface area contributed by atoms with Crippen LogP contribution in [-0.2, 0) is 0 Å². The molecule has 3 rings (SSSR count). The standard InChI is InChI=1S/C17H20FN3O/c1-11-8-19-17(20-9-11)21-12(2)14-5-6-16(15(18)7-14)22-10-13-3-4-13/h5-9,12-13H,3-4,10H2,1-2H3,(H,19,20,21). The largest absolute Gasteiger partial charge is 0.490 e. The van der Waals surface area contributed by atoms with E-state index in [2.05, 4.69) is 15.3 Å². The second-order valence-corrected chi connectivity index (χ2v) is 5.89. The average Bonchev–Trinajstić information content (AvgIpc) is 3.32. The van der Waals surface area contributed by atoms with E-state index < -0.39 is 0 Å². The Balaban J connectivity index is 1.65. The Kier molecular flexibility index (Phi) is 4.22. The van der Waals surface area contributed by atoms with Crippen LogP contribution in [-0.4, -0.2) is 16.6 Å². The van der Waals surface area contributed by atoms with Gasteiger partial charge in [-0.2, -0.15) is 0 Å². The molecule has 22 heavy (non-hydrogen) atoms. The zero-order valence-corrected chi connectivity index (χ0v) is 12.8. The fourth-order valence-corrected chi connectivity index (χ4v) is 2.14. The van der Waals surface area contributed by atoms with Crippen molar-refractivity contribution in [3.05, 3.63) is 47.5 Å². The van der Waals surface area contributed by atoms with Crippen molar-refractivity contribution in [1.82, 2.24) is 9.97 Å². The Labute approximate surface area is 129 Å². The van der Waals surface area contributed by atoms with E-state index in [1.165, 1.54) is 18.9 Å². The van der Waals surface area contributed by atoms with Gasteiger partial charge in [0.1, 0.15) is 0 Å². The maximum atomic E-state index is 14.1. The zero-order valence-electron chi connectivity index (χ0n) is 12.8. The Morgan fingerprint density at radius 3 is 2.68 bits per heavy atom. The van der Waals surface area contributed by atoms with Crippen molar-refractivity contribution in [2.45, 2.75) is 32.7 Å². The highest BCUT2D eigenvalue weighted by Crippen LogP contribution is 2.30. The van der Waals surface area contributed by atoms with Gasteiger partial charge in [-0.1, -0.05) is 6.07 Å². The van der Waals surface area contributed by atoms with Crippen LogP contribution in [0.2, 0.25) is 0 Å². The minimum absolute atomic E-state index is 0.0883. The van der Waals surface area contributed by atoms with Crippen molar-refractivity contribution >= 4 is 5.95 Å². The molecule has 1 aliphatic carbocycles. The van der Waals surface area contributed by atoms with E-state index in [-0.39, 0.29) is 11.9 Å². The molecule has 0 bridgehead atoms. The second kappa shape index (κ2) is 6.30. The summed E-state index contributed by atoms with van der Waals surface area (Å²) in [5.74, 6) is 1.15. The lowest BCUT2D eigenvalue weighted by Crippen LogP contribution is -2.10. The smallest absolute Gasteiger partial charge is 0.223 e. The molecule has 1 N–H and O–H groups in total. The van der Waals surface area contributed by atoms with E-state index in [1.54, 1.807) is 18.5 Å². The van der Waals surface area contributed by atoms with Gasteiger partial charge in [0.25, 0.3) is 0 Å². The van der Waals surface area contributed by atoms with Gasteiger partial charge >= 0.3 is 0 Å². The van der Waals surface area contributed by atoms with Gasteiger partial charge in [-0.25, -0.2) is 14.4 Å². The first kappa shape index (κ1) is 14.8. The normalized spacial score (nSPS) is 15.4. The van der Waals surface area contributed by atoms with Crippen molar-refractivity contribution in [3.8, 4) is 5.75 Å². The first-order chi connectivity index (χ1) is 10.6. The molecule has 1 saturated carbocycles. The summed E-state index contributed by atoms with van der Waals surface area (Å²) in [4.78, 5) is 8.40. The zero-order chi connectivity index (χ0) is 15.5. The number of nitrogens with zero attached hydrogens (tertiary/aromatic N) is 2. The van der Waals surface area contributed by atoms with Crippen LogP contribution in [0, 0.1) is 18.7 Å². The van der Waals surface area contributed by atoms with E-state index in [9.17, 15) is 4.39 Å². The lowest BCUT2D eigenvalue weighted by molar-refractivity contribution is 0.285. The monoisotopic (exact) mass is 301 g/mol. The number of anilines is 1. The predicted octanol–water partition coefficient (Wildman–Crippen LogP) is 3.89. The Morgan fingerprint density at radius 1 is 1.32 bits per heavy atom. The Morgan fingerprint density at radius 2 is 2.05 bits per heavy atom.